The Kier molecular flexibility index (Phi) is 3.88. The minimum atomic E-state index is -0.640. The number of nitrogens with zero attached hydrogens (tertiary/aromatic N) is 1. The van der Waals surface area contributed by atoms with Crippen molar-refractivity contribution in [2.24, 2.45) is 0 Å². The molecular weight excluding hydrogens is 192 g/mol. The minimum absolute atomic E-state index is 0.577. The predicted octanol–water partition coefficient (Wildman–Crippen LogP) is 1.54. The van der Waals surface area contributed by atoms with Gasteiger partial charge in [0.1, 0.15) is 5.76 Å². The zero-order valence-corrected chi connectivity index (χ0v) is 9.92. The van der Waals surface area contributed by atoms with Gasteiger partial charge in [-0.15, -0.1) is 0 Å². The van der Waals surface area contributed by atoms with Gasteiger partial charge in [-0.1, -0.05) is 12.1 Å². The highest BCUT2D eigenvalue weighted by Gasteiger charge is 2.17. The smallest absolute Gasteiger partial charge is 0.138 e. The zero-order valence-electron chi connectivity index (χ0n) is 9.92. The molecule has 86 valence electrons. The fraction of sp³-hybridized carbons (Fsp3) is 0.727. The molecule has 1 unspecified atom stereocenters. The average Bonchev–Trinajstić information content (AvgIpc) is 2.49. The van der Waals surface area contributed by atoms with Crippen molar-refractivity contribution in [1.82, 2.24) is 10.5 Å². The molecule has 0 aromatic carbocycles. The second-order valence-electron chi connectivity index (χ2n) is 4.26. The molecule has 0 saturated carbocycles. The first-order chi connectivity index (χ1) is 6.96. The van der Waals surface area contributed by atoms with Gasteiger partial charge in [0.2, 0.25) is 0 Å². The molecule has 0 fully saturated rings. The quantitative estimate of drug-likeness (QED) is 0.777. The maximum Gasteiger partial charge on any atom is 0.138 e. The van der Waals surface area contributed by atoms with Crippen LogP contribution in [-0.4, -0.2) is 22.4 Å². The summed E-state index contributed by atoms with van der Waals surface area (Å²) in [6, 6.07) is 0. The van der Waals surface area contributed by atoms with Gasteiger partial charge < -0.3 is 14.9 Å². The molecule has 0 saturated heterocycles. The number of hydrogen-bond acceptors (Lipinski definition) is 4. The third kappa shape index (κ3) is 3.32. The van der Waals surface area contributed by atoms with Gasteiger partial charge in [0.05, 0.1) is 11.3 Å². The van der Waals surface area contributed by atoms with Crippen molar-refractivity contribution in [3.05, 3.63) is 17.0 Å². The van der Waals surface area contributed by atoms with Gasteiger partial charge in [0.15, 0.2) is 0 Å². The van der Waals surface area contributed by atoms with E-state index in [0.29, 0.717) is 13.1 Å². The van der Waals surface area contributed by atoms with Gasteiger partial charge in [-0.3, -0.25) is 0 Å². The van der Waals surface area contributed by atoms with E-state index < -0.39 is 5.60 Å². The summed E-state index contributed by atoms with van der Waals surface area (Å²) in [7, 11) is 0. The van der Waals surface area contributed by atoms with Crippen LogP contribution in [0.5, 0.6) is 0 Å². The molecule has 0 radical (unpaired) electrons. The first-order valence-electron chi connectivity index (χ1n) is 5.31. The number of nitrogens with one attached hydrogen (secondary N) is 1. The Labute approximate surface area is 90.7 Å². The minimum Gasteiger partial charge on any atom is -0.389 e. The van der Waals surface area contributed by atoms with E-state index >= 15 is 0 Å². The van der Waals surface area contributed by atoms with Gasteiger partial charge in [-0.05, 0) is 27.2 Å². The average molecular weight is 212 g/mol. The molecule has 1 rings (SSSR count). The molecule has 15 heavy (non-hydrogen) atoms. The molecule has 1 aromatic heterocycles. The van der Waals surface area contributed by atoms with Crippen LogP contribution in [0.1, 0.15) is 37.3 Å². The van der Waals surface area contributed by atoms with Crippen LogP contribution in [0.3, 0.4) is 0 Å². The number of aliphatic hydroxyl groups is 1. The first kappa shape index (κ1) is 12.2. The van der Waals surface area contributed by atoms with Crippen LogP contribution in [0, 0.1) is 13.8 Å². The Morgan fingerprint density at radius 3 is 2.60 bits per heavy atom. The third-order valence-corrected chi connectivity index (χ3v) is 2.75. The summed E-state index contributed by atoms with van der Waals surface area (Å²) in [6.07, 6.45) is 0.738. The standard InChI is InChI=1S/C11H20N2O2/c1-5-11(4,14)7-12-6-10-8(2)13-15-9(10)3/h12,14H,5-7H2,1-4H3. The summed E-state index contributed by atoms with van der Waals surface area (Å²) in [5, 5.41) is 16.9. The van der Waals surface area contributed by atoms with Crippen molar-refractivity contribution in [3.8, 4) is 0 Å². The topological polar surface area (TPSA) is 58.3 Å². The second-order valence-corrected chi connectivity index (χ2v) is 4.26. The van der Waals surface area contributed by atoms with Crippen LogP contribution in [0.15, 0.2) is 4.52 Å². The zero-order chi connectivity index (χ0) is 11.5. The SMILES string of the molecule is CCC(C)(O)CNCc1c(C)noc1C. The number of hydrogen-bond donors (Lipinski definition) is 2. The summed E-state index contributed by atoms with van der Waals surface area (Å²) in [6.45, 7) is 8.89. The Hall–Kier alpha value is -0.870. The Bertz CT molecular complexity index is 299. The lowest BCUT2D eigenvalue weighted by Gasteiger charge is -2.21. The largest absolute Gasteiger partial charge is 0.389 e. The molecule has 1 heterocycles. The lowest BCUT2D eigenvalue weighted by molar-refractivity contribution is 0.0555. The lowest BCUT2D eigenvalue weighted by Crippen LogP contribution is -2.36. The predicted molar refractivity (Wildman–Crippen MR) is 58.6 cm³/mol. The van der Waals surface area contributed by atoms with Crippen molar-refractivity contribution in [2.75, 3.05) is 6.54 Å². The van der Waals surface area contributed by atoms with Crippen LogP contribution in [0.25, 0.3) is 0 Å². The molecule has 2 N–H and O–H groups in total. The van der Waals surface area contributed by atoms with Crippen LogP contribution in [0.4, 0.5) is 0 Å². The maximum atomic E-state index is 9.79. The molecular formula is C11H20N2O2. The monoisotopic (exact) mass is 212 g/mol. The highest BCUT2D eigenvalue weighted by atomic mass is 16.5. The maximum absolute atomic E-state index is 9.79. The summed E-state index contributed by atoms with van der Waals surface area (Å²) in [5.74, 6) is 0.844. The molecule has 0 aliphatic rings. The van der Waals surface area contributed by atoms with Gasteiger partial charge in [0.25, 0.3) is 0 Å². The van der Waals surface area contributed by atoms with Gasteiger partial charge in [-0.25, -0.2) is 0 Å². The van der Waals surface area contributed by atoms with Crippen molar-refractivity contribution >= 4 is 0 Å². The van der Waals surface area contributed by atoms with E-state index in [4.69, 9.17) is 4.52 Å². The van der Waals surface area contributed by atoms with E-state index in [0.717, 1.165) is 23.4 Å². The second kappa shape index (κ2) is 4.77. The van der Waals surface area contributed by atoms with E-state index in [-0.39, 0.29) is 0 Å². The number of aromatic nitrogens is 1. The van der Waals surface area contributed by atoms with E-state index in [9.17, 15) is 5.11 Å². The summed E-state index contributed by atoms with van der Waals surface area (Å²) in [4.78, 5) is 0. The summed E-state index contributed by atoms with van der Waals surface area (Å²) in [5.41, 5.74) is 1.36. The Morgan fingerprint density at radius 2 is 2.13 bits per heavy atom. The molecule has 0 amide bonds. The summed E-state index contributed by atoms with van der Waals surface area (Å²) >= 11 is 0. The molecule has 1 atom stereocenters. The highest BCUT2D eigenvalue weighted by Crippen LogP contribution is 2.12. The fourth-order valence-electron chi connectivity index (χ4n) is 1.34. The van der Waals surface area contributed by atoms with Crippen molar-refractivity contribution < 1.29 is 9.63 Å². The van der Waals surface area contributed by atoms with Gasteiger partial charge >= 0.3 is 0 Å². The van der Waals surface area contributed by atoms with E-state index in [1.54, 1.807) is 0 Å². The van der Waals surface area contributed by atoms with Gasteiger partial charge in [-0.2, -0.15) is 0 Å². The molecule has 1 aromatic rings. The number of aryl methyl sites for hydroxylation is 2. The van der Waals surface area contributed by atoms with Gasteiger partial charge in [0, 0.05) is 18.7 Å². The Morgan fingerprint density at radius 1 is 1.47 bits per heavy atom. The normalized spacial score (nSPS) is 15.3. The van der Waals surface area contributed by atoms with Crippen LogP contribution >= 0.6 is 0 Å². The lowest BCUT2D eigenvalue weighted by atomic mass is 10.0. The molecule has 4 nitrogen and oxygen atoms in total. The Balaban J connectivity index is 2.45. The highest BCUT2D eigenvalue weighted by molar-refractivity contribution is 5.20. The summed E-state index contributed by atoms with van der Waals surface area (Å²) < 4.78 is 5.05. The van der Waals surface area contributed by atoms with Crippen LogP contribution in [-0.2, 0) is 6.54 Å². The van der Waals surface area contributed by atoms with E-state index in [2.05, 4.69) is 10.5 Å². The van der Waals surface area contributed by atoms with Crippen molar-refractivity contribution in [3.63, 3.8) is 0 Å². The molecule has 0 bridgehead atoms. The molecule has 4 heteroatoms. The third-order valence-electron chi connectivity index (χ3n) is 2.75. The van der Waals surface area contributed by atoms with Crippen LogP contribution < -0.4 is 5.32 Å². The van der Waals surface area contributed by atoms with E-state index in [1.807, 2.05) is 27.7 Å². The van der Waals surface area contributed by atoms with Crippen molar-refractivity contribution in [2.45, 2.75) is 46.3 Å². The van der Waals surface area contributed by atoms with Crippen molar-refractivity contribution in [1.29, 1.82) is 0 Å². The molecule has 0 aliphatic carbocycles. The van der Waals surface area contributed by atoms with E-state index in [1.165, 1.54) is 0 Å². The molecule has 0 spiro atoms. The molecule has 0 aliphatic heterocycles. The fourth-order valence-corrected chi connectivity index (χ4v) is 1.34. The number of rotatable bonds is 5. The van der Waals surface area contributed by atoms with Crippen LogP contribution in [0.2, 0.25) is 0 Å². The first-order valence-corrected chi connectivity index (χ1v) is 5.31.